The van der Waals surface area contributed by atoms with E-state index >= 15 is 0 Å². The van der Waals surface area contributed by atoms with Gasteiger partial charge in [0.2, 0.25) is 0 Å². The maximum absolute atomic E-state index is 12.9. The highest BCUT2D eigenvalue weighted by atomic mass is 19.4. The van der Waals surface area contributed by atoms with Crippen LogP contribution in [0.1, 0.15) is 47.5 Å². The minimum Gasteiger partial charge on any atom is -0.171 e. The molecule has 1 aliphatic rings. The smallest absolute Gasteiger partial charge is 0.171 e. The molecule has 0 aromatic rings. The van der Waals surface area contributed by atoms with Crippen LogP contribution in [0.2, 0.25) is 0 Å². The Labute approximate surface area is 96.6 Å². The molecule has 4 atom stereocenters. The molecule has 0 heterocycles. The summed E-state index contributed by atoms with van der Waals surface area (Å²) in [7, 11) is 0. The van der Waals surface area contributed by atoms with Gasteiger partial charge in [-0.05, 0) is 36.0 Å². The molecule has 0 aromatic carbocycles. The fraction of sp³-hybridized carbons (Fsp3) is 1.00. The Morgan fingerprint density at radius 2 is 1.44 bits per heavy atom. The fourth-order valence-corrected chi connectivity index (χ4v) is 2.82. The van der Waals surface area contributed by atoms with Crippen LogP contribution in [0, 0.1) is 29.1 Å². The summed E-state index contributed by atoms with van der Waals surface area (Å²) in [4.78, 5) is 0. The average molecular weight is 236 g/mol. The van der Waals surface area contributed by atoms with Crippen molar-refractivity contribution in [3.63, 3.8) is 0 Å². The minimum atomic E-state index is -4.03. The molecular formula is C13H23F3. The Balaban J connectivity index is 2.86. The fourth-order valence-electron chi connectivity index (χ4n) is 2.82. The van der Waals surface area contributed by atoms with E-state index in [1.165, 1.54) is 0 Å². The molecule has 96 valence electrons. The Morgan fingerprint density at radius 1 is 0.938 bits per heavy atom. The summed E-state index contributed by atoms with van der Waals surface area (Å²) in [6.45, 7) is 9.86. The van der Waals surface area contributed by atoms with E-state index in [4.69, 9.17) is 0 Å². The van der Waals surface area contributed by atoms with Gasteiger partial charge in [0.1, 0.15) is 0 Å². The second-order valence-electron chi connectivity index (χ2n) is 6.52. The summed E-state index contributed by atoms with van der Waals surface area (Å²) in [6, 6.07) is 0. The quantitative estimate of drug-likeness (QED) is 0.561. The molecule has 0 nitrogen and oxygen atoms in total. The molecule has 0 amide bonds. The molecule has 3 heteroatoms. The van der Waals surface area contributed by atoms with Gasteiger partial charge in [-0.3, -0.25) is 0 Å². The van der Waals surface area contributed by atoms with Crippen molar-refractivity contribution in [1.82, 2.24) is 0 Å². The third kappa shape index (κ3) is 2.92. The second kappa shape index (κ2) is 4.23. The molecule has 1 aliphatic carbocycles. The van der Waals surface area contributed by atoms with Crippen molar-refractivity contribution >= 4 is 0 Å². The van der Waals surface area contributed by atoms with Crippen LogP contribution < -0.4 is 0 Å². The molecule has 0 aromatic heterocycles. The van der Waals surface area contributed by atoms with E-state index in [0.717, 1.165) is 6.42 Å². The lowest BCUT2D eigenvalue weighted by Gasteiger charge is -2.44. The second-order valence-corrected chi connectivity index (χ2v) is 6.52. The molecule has 0 N–H and O–H groups in total. The topological polar surface area (TPSA) is 0 Å². The highest BCUT2D eigenvalue weighted by Crippen LogP contribution is 2.50. The zero-order valence-electron chi connectivity index (χ0n) is 10.9. The van der Waals surface area contributed by atoms with Crippen LogP contribution in [0.4, 0.5) is 13.2 Å². The summed E-state index contributed by atoms with van der Waals surface area (Å²) >= 11 is 0. The maximum atomic E-state index is 12.9. The third-order valence-electron chi connectivity index (χ3n) is 4.37. The van der Waals surface area contributed by atoms with Gasteiger partial charge in [-0.1, -0.05) is 34.6 Å². The SMILES string of the molecule is CC1CC(C(C)(C)C)CC(C(F)(F)F)C1C. The van der Waals surface area contributed by atoms with Gasteiger partial charge in [0.15, 0.2) is 0 Å². The first-order valence-corrected chi connectivity index (χ1v) is 6.10. The van der Waals surface area contributed by atoms with E-state index in [2.05, 4.69) is 0 Å². The maximum Gasteiger partial charge on any atom is 0.392 e. The molecule has 1 fully saturated rings. The summed E-state index contributed by atoms with van der Waals surface area (Å²) in [5.41, 5.74) is -0.0160. The van der Waals surface area contributed by atoms with Crippen molar-refractivity contribution in [2.24, 2.45) is 29.1 Å². The van der Waals surface area contributed by atoms with E-state index in [9.17, 15) is 13.2 Å². The molecule has 1 rings (SSSR count). The summed E-state index contributed by atoms with van der Waals surface area (Å²) in [5, 5.41) is 0. The van der Waals surface area contributed by atoms with Crippen molar-refractivity contribution < 1.29 is 13.2 Å². The molecule has 4 unspecified atom stereocenters. The van der Waals surface area contributed by atoms with Gasteiger partial charge in [-0.2, -0.15) is 13.2 Å². The lowest BCUT2D eigenvalue weighted by molar-refractivity contribution is -0.208. The van der Waals surface area contributed by atoms with Gasteiger partial charge < -0.3 is 0 Å². The van der Waals surface area contributed by atoms with Crippen molar-refractivity contribution in [1.29, 1.82) is 0 Å². The summed E-state index contributed by atoms with van der Waals surface area (Å²) < 4.78 is 38.8. The first kappa shape index (κ1) is 13.9. The number of hydrogen-bond acceptors (Lipinski definition) is 0. The number of hydrogen-bond donors (Lipinski definition) is 0. The van der Waals surface area contributed by atoms with Crippen LogP contribution in [0.25, 0.3) is 0 Å². The summed E-state index contributed by atoms with van der Waals surface area (Å²) in [6.07, 6.45) is -2.80. The van der Waals surface area contributed by atoms with Crippen molar-refractivity contribution in [3.8, 4) is 0 Å². The summed E-state index contributed by atoms with van der Waals surface area (Å²) in [5.74, 6) is -0.992. The predicted molar refractivity (Wildman–Crippen MR) is 60.1 cm³/mol. The molecule has 16 heavy (non-hydrogen) atoms. The highest BCUT2D eigenvalue weighted by molar-refractivity contribution is 4.89. The van der Waals surface area contributed by atoms with Crippen LogP contribution in [-0.4, -0.2) is 6.18 Å². The minimum absolute atomic E-state index is 0.0160. The van der Waals surface area contributed by atoms with E-state index < -0.39 is 12.1 Å². The van der Waals surface area contributed by atoms with Gasteiger partial charge in [-0.25, -0.2) is 0 Å². The van der Waals surface area contributed by atoms with Gasteiger partial charge in [0.05, 0.1) is 5.92 Å². The lowest BCUT2D eigenvalue weighted by atomic mass is 9.62. The van der Waals surface area contributed by atoms with E-state index in [0.29, 0.717) is 6.42 Å². The molecule has 0 saturated heterocycles. The predicted octanol–water partition coefficient (Wildman–Crippen LogP) is 4.89. The third-order valence-corrected chi connectivity index (χ3v) is 4.37. The van der Waals surface area contributed by atoms with Crippen LogP contribution in [0.5, 0.6) is 0 Å². The largest absolute Gasteiger partial charge is 0.392 e. The normalized spacial score (nSPS) is 37.5. The number of rotatable bonds is 0. The van der Waals surface area contributed by atoms with Crippen molar-refractivity contribution in [2.45, 2.75) is 53.6 Å². The van der Waals surface area contributed by atoms with E-state index in [-0.39, 0.29) is 23.2 Å². The monoisotopic (exact) mass is 236 g/mol. The van der Waals surface area contributed by atoms with Crippen LogP contribution >= 0.6 is 0 Å². The van der Waals surface area contributed by atoms with Crippen LogP contribution in [0.3, 0.4) is 0 Å². The zero-order valence-corrected chi connectivity index (χ0v) is 10.9. The zero-order chi connectivity index (χ0) is 12.7. The Morgan fingerprint density at radius 3 is 1.81 bits per heavy atom. The Kier molecular flexibility index (Phi) is 3.66. The average Bonchev–Trinajstić information content (AvgIpc) is 2.05. The first-order chi connectivity index (χ1) is 7.03. The van der Waals surface area contributed by atoms with Crippen molar-refractivity contribution in [2.75, 3.05) is 0 Å². The van der Waals surface area contributed by atoms with Gasteiger partial charge >= 0.3 is 6.18 Å². The number of halogens is 3. The van der Waals surface area contributed by atoms with Gasteiger partial charge in [0, 0.05) is 0 Å². The first-order valence-electron chi connectivity index (χ1n) is 6.10. The van der Waals surface area contributed by atoms with E-state index in [1.807, 2.05) is 27.7 Å². The van der Waals surface area contributed by atoms with Gasteiger partial charge in [-0.15, -0.1) is 0 Å². The molecule has 0 aliphatic heterocycles. The van der Waals surface area contributed by atoms with Gasteiger partial charge in [0.25, 0.3) is 0 Å². The molecule has 0 radical (unpaired) electrons. The molecule has 0 spiro atoms. The van der Waals surface area contributed by atoms with Crippen molar-refractivity contribution in [3.05, 3.63) is 0 Å². The van der Waals surface area contributed by atoms with Crippen LogP contribution in [0.15, 0.2) is 0 Å². The highest BCUT2D eigenvalue weighted by Gasteiger charge is 2.49. The molecular weight excluding hydrogens is 213 g/mol. The van der Waals surface area contributed by atoms with Crippen LogP contribution in [-0.2, 0) is 0 Å². The number of alkyl halides is 3. The molecule has 1 saturated carbocycles. The molecule has 0 bridgehead atoms. The standard InChI is InChI=1S/C13H23F3/c1-8-6-10(12(3,4)5)7-11(9(8)2)13(14,15)16/h8-11H,6-7H2,1-5H3. The Bertz CT molecular complexity index is 237. The Hall–Kier alpha value is -0.210. The van der Waals surface area contributed by atoms with E-state index in [1.54, 1.807) is 6.92 Å². The lowest BCUT2D eigenvalue weighted by Crippen LogP contribution is -2.41.